The number of rotatable bonds is 5. The van der Waals surface area contributed by atoms with Crippen molar-refractivity contribution < 1.29 is 27.5 Å². The molecule has 0 spiro atoms. The van der Waals surface area contributed by atoms with Crippen molar-refractivity contribution in [1.29, 1.82) is 0 Å². The number of hydrogen-bond acceptors (Lipinski definition) is 4. The second-order valence-corrected chi connectivity index (χ2v) is 6.44. The van der Waals surface area contributed by atoms with Crippen LogP contribution in [0.2, 0.25) is 0 Å². The van der Waals surface area contributed by atoms with Gasteiger partial charge in [-0.2, -0.15) is 0 Å². The van der Waals surface area contributed by atoms with Gasteiger partial charge in [0, 0.05) is 22.7 Å². The van der Waals surface area contributed by atoms with Crippen LogP contribution in [0.4, 0.5) is 14.5 Å². The van der Waals surface area contributed by atoms with Crippen molar-refractivity contribution in [3.63, 3.8) is 0 Å². The molecule has 0 radical (unpaired) electrons. The molecular weight excluding hydrogens is 380 g/mol. The maximum absolute atomic E-state index is 13.2. The van der Waals surface area contributed by atoms with Crippen molar-refractivity contribution in [3.05, 3.63) is 78.1 Å². The number of nitrogens with one attached hydrogen (secondary N) is 1. The summed E-state index contributed by atoms with van der Waals surface area (Å²) in [7, 11) is 0. The molecular formula is C22H15F2NO4. The Labute approximate surface area is 163 Å². The quantitative estimate of drug-likeness (QED) is 0.502. The first kappa shape index (κ1) is 18.6. The van der Waals surface area contributed by atoms with E-state index in [9.17, 15) is 18.4 Å². The third kappa shape index (κ3) is 3.94. The molecule has 146 valence electrons. The average molecular weight is 395 g/mol. The lowest BCUT2D eigenvalue weighted by Crippen LogP contribution is -2.21. The smallest absolute Gasteiger partial charge is 0.310 e. The zero-order chi connectivity index (χ0) is 20.4. The van der Waals surface area contributed by atoms with Gasteiger partial charge in [0.05, 0.1) is 12.7 Å². The molecule has 0 aliphatic rings. The van der Waals surface area contributed by atoms with Gasteiger partial charge in [0.1, 0.15) is 5.58 Å². The fourth-order valence-corrected chi connectivity index (χ4v) is 3.13. The highest BCUT2D eigenvalue weighted by Gasteiger charge is 2.15. The molecule has 1 heterocycles. The number of hydrogen-bond donors (Lipinski definition) is 1. The van der Waals surface area contributed by atoms with Crippen molar-refractivity contribution >= 4 is 39.3 Å². The summed E-state index contributed by atoms with van der Waals surface area (Å²) in [6.45, 7) is -0.547. The molecule has 1 aromatic heterocycles. The number of furan rings is 1. The monoisotopic (exact) mass is 395 g/mol. The molecule has 1 N–H and O–H groups in total. The lowest BCUT2D eigenvalue weighted by molar-refractivity contribution is -0.146. The van der Waals surface area contributed by atoms with E-state index in [1.54, 1.807) is 0 Å². The molecule has 5 nitrogen and oxygen atoms in total. The molecule has 0 unspecified atom stereocenters. The molecule has 1 amide bonds. The lowest BCUT2D eigenvalue weighted by atomic mass is 10.0. The Hall–Kier alpha value is -3.74. The van der Waals surface area contributed by atoms with Gasteiger partial charge in [0.25, 0.3) is 5.91 Å². The van der Waals surface area contributed by atoms with E-state index in [0.717, 1.165) is 28.3 Å². The Morgan fingerprint density at radius 3 is 2.66 bits per heavy atom. The molecule has 29 heavy (non-hydrogen) atoms. The fourth-order valence-electron chi connectivity index (χ4n) is 3.13. The standard InChI is InChI=1S/C22H15F2NO4/c23-17-7-6-15(10-18(17)24)25-20(26)12-29-21(27)9-14-11-28-19-8-5-13-3-1-2-4-16(13)22(14)19/h1-8,10-11H,9,12H2,(H,25,26). The third-order valence-corrected chi connectivity index (χ3v) is 4.44. The number of anilines is 1. The minimum atomic E-state index is -1.08. The Balaban J connectivity index is 1.41. The molecule has 0 saturated carbocycles. The van der Waals surface area contributed by atoms with E-state index in [1.165, 1.54) is 12.3 Å². The second-order valence-electron chi connectivity index (χ2n) is 6.44. The van der Waals surface area contributed by atoms with Crippen molar-refractivity contribution in [3.8, 4) is 0 Å². The number of carbonyl (C=O) groups excluding carboxylic acids is 2. The summed E-state index contributed by atoms with van der Waals surface area (Å²) < 4.78 is 36.6. The maximum Gasteiger partial charge on any atom is 0.310 e. The Kier molecular flexibility index (Phi) is 4.95. The van der Waals surface area contributed by atoms with Crippen LogP contribution in [0.1, 0.15) is 5.56 Å². The van der Waals surface area contributed by atoms with E-state index in [1.807, 2.05) is 36.4 Å². The molecule has 0 aliphatic carbocycles. The summed E-state index contributed by atoms with van der Waals surface area (Å²) in [4.78, 5) is 24.1. The van der Waals surface area contributed by atoms with Crippen molar-refractivity contribution in [2.24, 2.45) is 0 Å². The van der Waals surface area contributed by atoms with Crippen LogP contribution in [-0.4, -0.2) is 18.5 Å². The van der Waals surface area contributed by atoms with Crippen LogP contribution in [0.3, 0.4) is 0 Å². The van der Waals surface area contributed by atoms with Gasteiger partial charge < -0.3 is 14.5 Å². The molecule has 0 fully saturated rings. The summed E-state index contributed by atoms with van der Waals surface area (Å²) in [6, 6.07) is 14.5. The van der Waals surface area contributed by atoms with E-state index < -0.39 is 30.1 Å². The average Bonchev–Trinajstić information content (AvgIpc) is 3.12. The predicted molar refractivity (Wildman–Crippen MR) is 103 cm³/mol. The topological polar surface area (TPSA) is 68.5 Å². The van der Waals surface area contributed by atoms with Gasteiger partial charge in [-0.25, -0.2) is 8.78 Å². The van der Waals surface area contributed by atoms with E-state index in [0.29, 0.717) is 11.1 Å². The molecule has 4 rings (SSSR count). The van der Waals surface area contributed by atoms with Crippen LogP contribution in [0, 0.1) is 11.6 Å². The highest BCUT2D eigenvalue weighted by Crippen LogP contribution is 2.30. The number of halogens is 2. The van der Waals surface area contributed by atoms with Crippen LogP contribution >= 0.6 is 0 Å². The van der Waals surface area contributed by atoms with Crippen molar-refractivity contribution in [2.45, 2.75) is 6.42 Å². The molecule has 3 aromatic carbocycles. The molecule has 4 aromatic rings. The zero-order valence-electron chi connectivity index (χ0n) is 15.1. The number of benzene rings is 3. The van der Waals surface area contributed by atoms with E-state index in [-0.39, 0.29) is 12.1 Å². The Morgan fingerprint density at radius 1 is 1.00 bits per heavy atom. The SMILES string of the molecule is O=C(COC(=O)Cc1coc2ccc3ccccc3c12)Nc1ccc(F)c(F)c1. The zero-order valence-corrected chi connectivity index (χ0v) is 15.1. The van der Waals surface area contributed by atoms with E-state index in [2.05, 4.69) is 5.32 Å². The number of esters is 1. The first-order valence-corrected chi connectivity index (χ1v) is 8.79. The lowest BCUT2D eigenvalue weighted by Gasteiger charge is -2.07. The summed E-state index contributed by atoms with van der Waals surface area (Å²) in [6.07, 6.45) is 1.43. The normalized spacial score (nSPS) is 11.0. The molecule has 0 aliphatic heterocycles. The van der Waals surface area contributed by atoms with Crippen molar-refractivity contribution in [2.75, 3.05) is 11.9 Å². The summed E-state index contributed by atoms with van der Waals surface area (Å²) in [5.41, 5.74) is 1.38. The van der Waals surface area contributed by atoms with Gasteiger partial charge in [-0.15, -0.1) is 0 Å². The first-order chi connectivity index (χ1) is 14.0. The molecule has 0 bridgehead atoms. The minimum absolute atomic E-state index is 0.0669. The summed E-state index contributed by atoms with van der Waals surface area (Å²) in [5.74, 6) is -3.37. The van der Waals surface area contributed by atoms with Crippen molar-refractivity contribution in [1.82, 2.24) is 0 Å². The molecule has 0 saturated heterocycles. The van der Waals surface area contributed by atoms with Crippen LogP contribution in [0.5, 0.6) is 0 Å². The number of carbonyl (C=O) groups is 2. The first-order valence-electron chi connectivity index (χ1n) is 8.79. The largest absolute Gasteiger partial charge is 0.464 e. The third-order valence-electron chi connectivity index (χ3n) is 4.44. The maximum atomic E-state index is 13.2. The molecule has 0 atom stereocenters. The second kappa shape index (κ2) is 7.71. The highest BCUT2D eigenvalue weighted by molar-refractivity contribution is 6.08. The number of fused-ring (bicyclic) bond motifs is 3. The fraction of sp³-hybridized carbons (Fsp3) is 0.0909. The van der Waals surface area contributed by atoms with Crippen LogP contribution < -0.4 is 5.32 Å². The Morgan fingerprint density at radius 2 is 1.83 bits per heavy atom. The van der Waals surface area contributed by atoms with Crippen LogP contribution in [-0.2, 0) is 20.7 Å². The van der Waals surface area contributed by atoms with Gasteiger partial charge >= 0.3 is 5.97 Å². The van der Waals surface area contributed by atoms with Gasteiger partial charge in [-0.05, 0) is 29.0 Å². The van der Waals surface area contributed by atoms with Crippen LogP contribution in [0.25, 0.3) is 21.7 Å². The van der Waals surface area contributed by atoms with Crippen LogP contribution in [0.15, 0.2) is 65.3 Å². The van der Waals surface area contributed by atoms with Gasteiger partial charge in [-0.1, -0.05) is 30.3 Å². The van der Waals surface area contributed by atoms with E-state index >= 15 is 0 Å². The predicted octanol–water partition coefficient (Wildman–Crippen LogP) is 4.59. The van der Waals surface area contributed by atoms with Gasteiger partial charge in [0.2, 0.25) is 0 Å². The van der Waals surface area contributed by atoms with E-state index in [4.69, 9.17) is 9.15 Å². The summed E-state index contributed by atoms with van der Waals surface area (Å²) >= 11 is 0. The number of ether oxygens (including phenoxy) is 1. The number of amides is 1. The summed E-state index contributed by atoms with van der Waals surface area (Å²) in [5, 5.41) is 5.13. The molecule has 7 heteroatoms. The van der Waals surface area contributed by atoms with Gasteiger partial charge in [-0.3, -0.25) is 9.59 Å². The highest BCUT2D eigenvalue weighted by atomic mass is 19.2. The minimum Gasteiger partial charge on any atom is -0.464 e. The van der Waals surface area contributed by atoms with Gasteiger partial charge in [0.15, 0.2) is 18.2 Å². The Bertz CT molecular complexity index is 1230.